The van der Waals surface area contributed by atoms with Crippen LogP contribution in [0.15, 0.2) is 34.9 Å². The third-order valence-electron chi connectivity index (χ3n) is 3.84. The van der Waals surface area contributed by atoms with Crippen molar-refractivity contribution in [2.24, 2.45) is 0 Å². The van der Waals surface area contributed by atoms with E-state index in [0.29, 0.717) is 28.9 Å². The number of hydrogen-bond donors (Lipinski definition) is 1. The normalized spacial score (nSPS) is 11.2. The number of halogens is 1. The molecule has 0 bridgehead atoms. The van der Waals surface area contributed by atoms with Gasteiger partial charge in [-0.2, -0.15) is 0 Å². The summed E-state index contributed by atoms with van der Waals surface area (Å²) in [6, 6.07) is 7.79. The minimum atomic E-state index is -0.303. The molecule has 2 aromatic heterocycles. The Bertz CT molecular complexity index is 885. The maximum Gasteiger partial charge on any atom is 0.259 e. The van der Waals surface area contributed by atoms with Crippen molar-refractivity contribution in [1.82, 2.24) is 15.5 Å². The van der Waals surface area contributed by atoms with Gasteiger partial charge in [-0.25, -0.2) is 9.37 Å². The van der Waals surface area contributed by atoms with Gasteiger partial charge in [0.1, 0.15) is 5.82 Å². The molecule has 1 amide bonds. The maximum absolute atomic E-state index is 12.9. The summed E-state index contributed by atoms with van der Waals surface area (Å²) in [7, 11) is 0. The molecule has 5 nitrogen and oxygen atoms in total. The van der Waals surface area contributed by atoms with Gasteiger partial charge in [0.2, 0.25) is 0 Å². The molecule has 24 heavy (non-hydrogen) atoms. The molecule has 0 atom stereocenters. The van der Waals surface area contributed by atoms with Crippen LogP contribution in [0.5, 0.6) is 0 Å². The van der Waals surface area contributed by atoms with E-state index in [1.807, 2.05) is 13.8 Å². The molecular weight excluding hydrogens is 309 g/mol. The highest BCUT2D eigenvalue weighted by Gasteiger charge is 2.19. The second kappa shape index (κ2) is 6.39. The van der Waals surface area contributed by atoms with E-state index in [2.05, 4.69) is 15.5 Å². The van der Waals surface area contributed by atoms with Gasteiger partial charge in [-0.1, -0.05) is 31.1 Å². The number of nitrogens with one attached hydrogen (secondary N) is 1. The van der Waals surface area contributed by atoms with Gasteiger partial charge < -0.3 is 9.84 Å². The molecule has 2 heterocycles. The Balaban J connectivity index is 1.90. The average molecular weight is 327 g/mol. The number of pyridine rings is 1. The SMILES string of the molecule is Cc1noc2nc(C(C)C)cc(C(=O)NCc3ccc(F)cc3)c12. The van der Waals surface area contributed by atoms with Crippen LogP contribution in [0.4, 0.5) is 4.39 Å². The molecule has 0 aliphatic carbocycles. The molecule has 0 aliphatic rings. The van der Waals surface area contributed by atoms with E-state index >= 15 is 0 Å². The Morgan fingerprint density at radius 2 is 2.00 bits per heavy atom. The number of amides is 1. The van der Waals surface area contributed by atoms with Gasteiger partial charge in [0.15, 0.2) is 0 Å². The lowest BCUT2D eigenvalue weighted by Gasteiger charge is -2.10. The number of aromatic nitrogens is 2. The lowest BCUT2D eigenvalue weighted by atomic mass is 10.0. The first-order valence-electron chi connectivity index (χ1n) is 7.75. The largest absolute Gasteiger partial charge is 0.348 e. The molecule has 3 rings (SSSR count). The predicted molar refractivity (Wildman–Crippen MR) is 88.2 cm³/mol. The van der Waals surface area contributed by atoms with Crippen LogP contribution in [0.3, 0.4) is 0 Å². The molecule has 0 saturated heterocycles. The molecule has 0 fully saturated rings. The Morgan fingerprint density at radius 1 is 1.29 bits per heavy atom. The minimum Gasteiger partial charge on any atom is -0.348 e. The Labute approximate surface area is 138 Å². The lowest BCUT2D eigenvalue weighted by molar-refractivity contribution is 0.0952. The third kappa shape index (κ3) is 3.13. The Hall–Kier alpha value is -2.76. The van der Waals surface area contributed by atoms with Crippen LogP contribution < -0.4 is 5.32 Å². The van der Waals surface area contributed by atoms with Crippen molar-refractivity contribution < 1.29 is 13.7 Å². The second-order valence-electron chi connectivity index (χ2n) is 6.01. The van der Waals surface area contributed by atoms with Crippen LogP contribution in [-0.4, -0.2) is 16.0 Å². The molecule has 3 aromatic rings. The van der Waals surface area contributed by atoms with Crippen LogP contribution in [0.25, 0.3) is 11.1 Å². The van der Waals surface area contributed by atoms with E-state index in [1.54, 1.807) is 25.1 Å². The molecule has 0 unspecified atom stereocenters. The monoisotopic (exact) mass is 327 g/mol. The summed E-state index contributed by atoms with van der Waals surface area (Å²) in [6.45, 7) is 6.08. The van der Waals surface area contributed by atoms with Crippen LogP contribution in [0, 0.1) is 12.7 Å². The van der Waals surface area contributed by atoms with Crippen molar-refractivity contribution in [1.29, 1.82) is 0 Å². The number of rotatable bonds is 4. The standard InChI is InChI=1S/C18H18FN3O2/c1-10(2)15-8-14(16-11(3)22-24-18(16)21-15)17(23)20-9-12-4-6-13(19)7-5-12/h4-8,10H,9H2,1-3H3,(H,20,23). The van der Waals surface area contributed by atoms with Crippen molar-refractivity contribution in [2.75, 3.05) is 0 Å². The van der Waals surface area contributed by atoms with Gasteiger partial charge in [0, 0.05) is 12.2 Å². The molecule has 0 spiro atoms. The predicted octanol–water partition coefficient (Wildman–Crippen LogP) is 3.72. The van der Waals surface area contributed by atoms with Crippen molar-refractivity contribution in [3.05, 3.63) is 58.7 Å². The highest BCUT2D eigenvalue weighted by Crippen LogP contribution is 2.25. The first-order chi connectivity index (χ1) is 11.5. The first-order valence-corrected chi connectivity index (χ1v) is 7.75. The van der Waals surface area contributed by atoms with E-state index in [1.165, 1.54) is 12.1 Å². The van der Waals surface area contributed by atoms with E-state index < -0.39 is 0 Å². The number of carbonyl (C=O) groups excluding carboxylic acids is 1. The first kappa shape index (κ1) is 16.1. The topological polar surface area (TPSA) is 68.0 Å². The van der Waals surface area contributed by atoms with Crippen molar-refractivity contribution in [3.63, 3.8) is 0 Å². The average Bonchev–Trinajstić information content (AvgIpc) is 2.94. The zero-order chi connectivity index (χ0) is 17.3. The van der Waals surface area contributed by atoms with Crippen LogP contribution in [0.1, 0.15) is 47.1 Å². The summed E-state index contributed by atoms with van der Waals surface area (Å²) in [4.78, 5) is 17.1. The number of carbonyl (C=O) groups is 1. The van der Waals surface area contributed by atoms with Crippen molar-refractivity contribution in [2.45, 2.75) is 33.2 Å². The van der Waals surface area contributed by atoms with Gasteiger partial charge >= 0.3 is 0 Å². The fraction of sp³-hybridized carbons (Fsp3) is 0.278. The smallest absolute Gasteiger partial charge is 0.259 e. The number of hydrogen-bond acceptors (Lipinski definition) is 4. The molecule has 0 aliphatic heterocycles. The highest BCUT2D eigenvalue weighted by atomic mass is 19.1. The van der Waals surface area contributed by atoms with E-state index in [0.717, 1.165) is 11.3 Å². The van der Waals surface area contributed by atoms with Crippen LogP contribution in [-0.2, 0) is 6.54 Å². The van der Waals surface area contributed by atoms with Crippen LogP contribution >= 0.6 is 0 Å². The molecule has 6 heteroatoms. The minimum absolute atomic E-state index is 0.156. The number of nitrogens with zero attached hydrogens (tertiary/aromatic N) is 2. The maximum atomic E-state index is 12.9. The van der Waals surface area contributed by atoms with Gasteiger partial charge in [0.05, 0.1) is 16.6 Å². The molecule has 0 radical (unpaired) electrons. The summed E-state index contributed by atoms with van der Waals surface area (Å²) in [5.74, 6) is -0.383. The fourth-order valence-electron chi connectivity index (χ4n) is 2.47. The van der Waals surface area contributed by atoms with E-state index in [9.17, 15) is 9.18 Å². The molecule has 124 valence electrons. The Kier molecular flexibility index (Phi) is 4.29. The summed E-state index contributed by atoms with van der Waals surface area (Å²) < 4.78 is 18.2. The fourth-order valence-corrected chi connectivity index (χ4v) is 2.47. The molecular formula is C18H18FN3O2. The molecule has 1 aromatic carbocycles. The highest BCUT2D eigenvalue weighted by molar-refractivity contribution is 6.06. The number of aryl methyl sites for hydroxylation is 1. The third-order valence-corrected chi connectivity index (χ3v) is 3.84. The van der Waals surface area contributed by atoms with Crippen molar-refractivity contribution >= 4 is 17.0 Å². The van der Waals surface area contributed by atoms with Gasteiger partial charge in [0.25, 0.3) is 11.6 Å². The van der Waals surface area contributed by atoms with Gasteiger partial charge in [-0.15, -0.1) is 0 Å². The Morgan fingerprint density at radius 3 is 2.67 bits per heavy atom. The summed E-state index contributed by atoms with van der Waals surface area (Å²) in [6.07, 6.45) is 0. The number of fused-ring (bicyclic) bond motifs is 1. The summed E-state index contributed by atoms with van der Waals surface area (Å²) in [5.41, 5.74) is 3.07. The molecule has 0 saturated carbocycles. The van der Waals surface area contributed by atoms with Gasteiger partial charge in [-0.3, -0.25) is 4.79 Å². The van der Waals surface area contributed by atoms with Crippen LogP contribution in [0.2, 0.25) is 0 Å². The second-order valence-corrected chi connectivity index (χ2v) is 6.01. The zero-order valence-electron chi connectivity index (χ0n) is 13.8. The van der Waals surface area contributed by atoms with E-state index in [-0.39, 0.29) is 17.6 Å². The van der Waals surface area contributed by atoms with Crippen molar-refractivity contribution in [3.8, 4) is 0 Å². The van der Waals surface area contributed by atoms with Gasteiger partial charge in [-0.05, 0) is 36.6 Å². The lowest BCUT2D eigenvalue weighted by Crippen LogP contribution is -2.23. The number of benzene rings is 1. The summed E-state index contributed by atoms with van der Waals surface area (Å²) in [5, 5.41) is 7.38. The zero-order valence-corrected chi connectivity index (χ0v) is 13.8. The summed E-state index contributed by atoms with van der Waals surface area (Å²) >= 11 is 0. The quantitative estimate of drug-likeness (QED) is 0.793. The molecule has 1 N–H and O–H groups in total. The van der Waals surface area contributed by atoms with E-state index in [4.69, 9.17) is 4.52 Å².